The van der Waals surface area contributed by atoms with Gasteiger partial charge < -0.3 is 20.5 Å². The smallest absolute Gasteiger partial charge is 0.256 e. The van der Waals surface area contributed by atoms with E-state index in [2.05, 4.69) is 0 Å². The Morgan fingerprint density at radius 3 is 2.52 bits per heavy atom. The molecule has 3 N–H and O–H groups in total. The first-order valence-electron chi connectivity index (χ1n) is 6.48. The summed E-state index contributed by atoms with van der Waals surface area (Å²) in [5, 5.41) is 9.26. The molecule has 1 amide bonds. The second-order valence-electron chi connectivity index (χ2n) is 4.78. The molecule has 0 saturated carbocycles. The predicted octanol–water partition coefficient (Wildman–Crippen LogP) is 2.26. The number of carbonyl (C=O) groups excluding carboxylic acids is 1. The molecule has 0 radical (unpaired) electrons. The molecule has 0 saturated heterocycles. The molecule has 21 heavy (non-hydrogen) atoms. The molecule has 0 bridgehead atoms. The lowest BCUT2D eigenvalue weighted by Gasteiger charge is -2.18. The first kappa shape index (κ1) is 14.7. The zero-order valence-electron chi connectivity index (χ0n) is 12.0. The Morgan fingerprint density at radius 1 is 1.24 bits per heavy atom. The van der Waals surface area contributed by atoms with E-state index in [-0.39, 0.29) is 11.7 Å². The Balaban J connectivity index is 2.17. The summed E-state index contributed by atoms with van der Waals surface area (Å²) >= 11 is 0. The van der Waals surface area contributed by atoms with E-state index in [4.69, 9.17) is 10.5 Å². The average Bonchev–Trinajstić information content (AvgIpc) is 2.49. The van der Waals surface area contributed by atoms with Crippen molar-refractivity contribution >= 4 is 11.6 Å². The van der Waals surface area contributed by atoms with Gasteiger partial charge in [0, 0.05) is 19.3 Å². The lowest BCUT2D eigenvalue weighted by Crippen LogP contribution is -2.27. The van der Waals surface area contributed by atoms with Gasteiger partial charge in [0.1, 0.15) is 11.5 Å². The van der Waals surface area contributed by atoms with E-state index in [9.17, 15) is 9.90 Å². The van der Waals surface area contributed by atoms with Crippen LogP contribution in [0.1, 0.15) is 15.9 Å². The summed E-state index contributed by atoms with van der Waals surface area (Å²) in [6, 6.07) is 11.7. The van der Waals surface area contributed by atoms with Gasteiger partial charge >= 0.3 is 0 Å². The molecular formula is C16H18N2O3. The fraction of sp³-hybridized carbons (Fsp3) is 0.188. The molecule has 0 fully saturated rings. The molecule has 0 unspecified atom stereocenters. The zero-order chi connectivity index (χ0) is 15.4. The molecule has 110 valence electrons. The highest BCUT2D eigenvalue weighted by atomic mass is 16.5. The SMILES string of the molecule is COc1ccc(N)c(C(=O)N(C)Cc2ccc(O)cc2)c1. The van der Waals surface area contributed by atoms with Gasteiger partial charge in [-0.05, 0) is 35.9 Å². The van der Waals surface area contributed by atoms with Crippen LogP contribution in [-0.2, 0) is 6.54 Å². The Morgan fingerprint density at radius 2 is 1.90 bits per heavy atom. The molecule has 0 atom stereocenters. The van der Waals surface area contributed by atoms with Crippen LogP contribution >= 0.6 is 0 Å². The summed E-state index contributed by atoms with van der Waals surface area (Å²) in [6.45, 7) is 0.426. The summed E-state index contributed by atoms with van der Waals surface area (Å²) in [7, 11) is 3.24. The number of methoxy groups -OCH3 is 1. The third-order valence-electron chi connectivity index (χ3n) is 3.19. The number of hydrogen-bond donors (Lipinski definition) is 2. The van der Waals surface area contributed by atoms with E-state index in [0.29, 0.717) is 23.5 Å². The summed E-state index contributed by atoms with van der Waals surface area (Å²) in [5.41, 5.74) is 7.61. The van der Waals surface area contributed by atoms with Crippen LogP contribution in [0.5, 0.6) is 11.5 Å². The molecule has 0 heterocycles. The number of rotatable bonds is 4. The molecule has 0 aliphatic carbocycles. The Kier molecular flexibility index (Phi) is 4.33. The Labute approximate surface area is 123 Å². The maximum absolute atomic E-state index is 12.4. The second-order valence-corrected chi connectivity index (χ2v) is 4.78. The summed E-state index contributed by atoms with van der Waals surface area (Å²) in [4.78, 5) is 14.0. The molecular weight excluding hydrogens is 268 g/mol. The highest BCUT2D eigenvalue weighted by Gasteiger charge is 2.16. The van der Waals surface area contributed by atoms with Crippen LogP contribution in [-0.4, -0.2) is 30.1 Å². The van der Waals surface area contributed by atoms with Crippen molar-refractivity contribution in [2.24, 2.45) is 0 Å². The van der Waals surface area contributed by atoms with Gasteiger partial charge in [-0.3, -0.25) is 4.79 Å². The van der Waals surface area contributed by atoms with Crippen molar-refractivity contribution in [1.82, 2.24) is 4.90 Å². The van der Waals surface area contributed by atoms with E-state index in [0.717, 1.165) is 5.56 Å². The average molecular weight is 286 g/mol. The number of nitrogens with two attached hydrogens (primary N) is 1. The Bertz CT molecular complexity index is 638. The third-order valence-corrected chi connectivity index (χ3v) is 3.19. The van der Waals surface area contributed by atoms with Crippen LogP contribution in [0, 0.1) is 0 Å². The van der Waals surface area contributed by atoms with Gasteiger partial charge in [0.05, 0.1) is 12.7 Å². The van der Waals surface area contributed by atoms with Crippen LogP contribution in [0.15, 0.2) is 42.5 Å². The maximum atomic E-state index is 12.4. The van der Waals surface area contributed by atoms with Crippen LogP contribution in [0.25, 0.3) is 0 Å². The van der Waals surface area contributed by atoms with E-state index < -0.39 is 0 Å². The summed E-state index contributed by atoms with van der Waals surface area (Å²) in [6.07, 6.45) is 0. The second kappa shape index (κ2) is 6.17. The molecule has 2 aromatic carbocycles. The first-order chi connectivity index (χ1) is 10.0. The minimum atomic E-state index is -0.181. The number of phenols is 1. The quantitative estimate of drug-likeness (QED) is 0.845. The lowest BCUT2D eigenvalue weighted by atomic mass is 10.1. The molecule has 5 heteroatoms. The fourth-order valence-electron chi connectivity index (χ4n) is 2.00. The lowest BCUT2D eigenvalue weighted by molar-refractivity contribution is 0.0786. The van der Waals surface area contributed by atoms with Crippen LogP contribution in [0.2, 0.25) is 0 Å². The van der Waals surface area contributed by atoms with Crippen LogP contribution in [0.3, 0.4) is 0 Å². The summed E-state index contributed by atoms with van der Waals surface area (Å²) in [5.74, 6) is 0.606. The highest BCUT2D eigenvalue weighted by molar-refractivity contribution is 5.99. The Hall–Kier alpha value is -2.69. The number of carbonyl (C=O) groups is 1. The monoisotopic (exact) mass is 286 g/mol. The largest absolute Gasteiger partial charge is 0.508 e. The topological polar surface area (TPSA) is 75.8 Å². The number of ether oxygens (including phenoxy) is 1. The standard InChI is InChI=1S/C16H18N2O3/c1-18(10-11-3-5-12(19)6-4-11)16(20)14-9-13(21-2)7-8-15(14)17/h3-9,19H,10,17H2,1-2H3. The highest BCUT2D eigenvalue weighted by Crippen LogP contribution is 2.21. The van der Waals surface area contributed by atoms with E-state index in [1.807, 2.05) is 0 Å². The number of benzene rings is 2. The number of hydrogen-bond acceptors (Lipinski definition) is 4. The van der Waals surface area contributed by atoms with Gasteiger partial charge in [-0.15, -0.1) is 0 Å². The molecule has 0 aliphatic rings. The van der Waals surface area contributed by atoms with Crippen molar-refractivity contribution in [2.45, 2.75) is 6.54 Å². The van der Waals surface area contributed by atoms with Crippen molar-refractivity contribution in [3.05, 3.63) is 53.6 Å². The normalized spacial score (nSPS) is 10.2. The van der Waals surface area contributed by atoms with Crippen molar-refractivity contribution in [3.8, 4) is 11.5 Å². The minimum Gasteiger partial charge on any atom is -0.508 e. The van der Waals surface area contributed by atoms with Gasteiger partial charge in [-0.25, -0.2) is 0 Å². The van der Waals surface area contributed by atoms with Crippen LogP contribution < -0.4 is 10.5 Å². The van der Waals surface area contributed by atoms with Crippen LogP contribution in [0.4, 0.5) is 5.69 Å². The fourth-order valence-corrected chi connectivity index (χ4v) is 2.00. The van der Waals surface area contributed by atoms with Crippen molar-refractivity contribution in [2.75, 3.05) is 19.9 Å². The van der Waals surface area contributed by atoms with Gasteiger partial charge in [-0.2, -0.15) is 0 Å². The number of anilines is 1. The van der Waals surface area contributed by atoms with Gasteiger partial charge in [0.25, 0.3) is 5.91 Å². The van der Waals surface area contributed by atoms with E-state index in [1.54, 1.807) is 61.5 Å². The molecule has 2 rings (SSSR count). The molecule has 2 aromatic rings. The maximum Gasteiger partial charge on any atom is 0.256 e. The van der Waals surface area contributed by atoms with Crippen molar-refractivity contribution < 1.29 is 14.6 Å². The summed E-state index contributed by atoms with van der Waals surface area (Å²) < 4.78 is 5.12. The van der Waals surface area contributed by atoms with Gasteiger partial charge in [0.2, 0.25) is 0 Å². The predicted molar refractivity (Wildman–Crippen MR) is 81.3 cm³/mol. The zero-order valence-corrected chi connectivity index (χ0v) is 12.0. The number of aromatic hydroxyl groups is 1. The van der Waals surface area contributed by atoms with Crippen molar-refractivity contribution in [1.29, 1.82) is 0 Å². The van der Waals surface area contributed by atoms with E-state index >= 15 is 0 Å². The van der Waals surface area contributed by atoms with Gasteiger partial charge in [0.15, 0.2) is 0 Å². The first-order valence-corrected chi connectivity index (χ1v) is 6.48. The molecule has 0 aliphatic heterocycles. The molecule has 0 aromatic heterocycles. The van der Waals surface area contributed by atoms with Gasteiger partial charge in [-0.1, -0.05) is 12.1 Å². The molecule has 5 nitrogen and oxygen atoms in total. The third kappa shape index (κ3) is 3.45. The van der Waals surface area contributed by atoms with E-state index in [1.165, 1.54) is 0 Å². The minimum absolute atomic E-state index is 0.181. The number of phenolic OH excluding ortho intramolecular Hbond substituents is 1. The number of amides is 1. The number of nitrogens with zero attached hydrogens (tertiary/aromatic N) is 1. The number of nitrogen functional groups attached to an aromatic ring is 1. The van der Waals surface area contributed by atoms with Crippen molar-refractivity contribution in [3.63, 3.8) is 0 Å². The molecule has 0 spiro atoms.